The molecule has 0 radical (unpaired) electrons. The van der Waals surface area contributed by atoms with Crippen molar-refractivity contribution < 1.29 is 14.6 Å². The zero-order chi connectivity index (χ0) is 15.4. The molecule has 2 unspecified atom stereocenters. The van der Waals surface area contributed by atoms with Crippen LogP contribution in [-0.2, 0) is 11.4 Å². The van der Waals surface area contributed by atoms with E-state index in [0.29, 0.717) is 12.4 Å². The SMILES string of the molecule is O=C(O)C1CSC(c2cccc(OCc3ccccc3)c2)N1. The number of nitrogens with one attached hydrogen (secondary N) is 1. The molecule has 4 nitrogen and oxygen atoms in total. The van der Waals surface area contributed by atoms with Crippen LogP contribution in [0, 0.1) is 0 Å². The number of aliphatic carboxylic acids is 1. The minimum absolute atomic E-state index is 0.00127. The Morgan fingerprint density at radius 3 is 2.77 bits per heavy atom. The van der Waals surface area contributed by atoms with E-state index in [1.165, 1.54) is 0 Å². The summed E-state index contributed by atoms with van der Waals surface area (Å²) in [5, 5.41) is 12.2. The van der Waals surface area contributed by atoms with Crippen molar-refractivity contribution in [1.29, 1.82) is 0 Å². The van der Waals surface area contributed by atoms with Gasteiger partial charge in [-0.1, -0.05) is 42.5 Å². The summed E-state index contributed by atoms with van der Waals surface area (Å²) < 4.78 is 5.81. The molecule has 1 fully saturated rings. The second kappa shape index (κ2) is 6.85. The van der Waals surface area contributed by atoms with Crippen molar-refractivity contribution in [3.63, 3.8) is 0 Å². The maximum Gasteiger partial charge on any atom is 0.321 e. The summed E-state index contributed by atoms with van der Waals surface area (Å²) in [6.07, 6.45) is 0. The van der Waals surface area contributed by atoms with Crippen LogP contribution < -0.4 is 10.1 Å². The summed E-state index contributed by atoms with van der Waals surface area (Å²) in [5.74, 6) is 0.573. The predicted molar refractivity (Wildman–Crippen MR) is 87.0 cm³/mol. The largest absolute Gasteiger partial charge is 0.489 e. The average molecular weight is 315 g/mol. The fraction of sp³-hybridized carbons (Fsp3) is 0.235. The van der Waals surface area contributed by atoms with Gasteiger partial charge < -0.3 is 9.84 Å². The van der Waals surface area contributed by atoms with Crippen LogP contribution in [0.25, 0.3) is 0 Å². The van der Waals surface area contributed by atoms with Gasteiger partial charge in [0.2, 0.25) is 0 Å². The highest BCUT2D eigenvalue weighted by atomic mass is 32.2. The Labute approximate surface area is 133 Å². The van der Waals surface area contributed by atoms with Gasteiger partial charge in [0.1, 0.15) is 18.4 Å². The number of benzene rings is 2. The zero-order valence-corrected chi connectivity index (χ0v) is 12.8. The maximum absolute atomic E-state index is 11.0. The van der Waals surface area contributed by atoms with Gasteiger partial charge >= 0.3 is 5.97 Å². The molecular formula is C17H17NO3S. The fourth-order valence-corrected chi connectivity index (χ4v) is 3.54. The smallest absolute Gasteiger partial charge is 0.321 e. The zero-order valence-electron chi connectivity index (χ0n) is 11.9. The lowest BCUT2D eigenvalue weighted by Gasteiger charge is -2.13. The van der Waals surface area contributed by atoms with E-state index < -0.39 is 12.0 Å². The maximum atomic E-state index is 11.0. The second-order valence-electron chi connectivity index (χ2n) is 5.12. The van der Waals surface area contributed by atoms with E-state index in [1.807, 2.05) is 54.6 Å². The van der Waals surface area contributed by atoms with Crippen molar-refractivity contribution in [3.05, 3.63) is 65.7 Å². The number of ether oxygens (including phenoxy) is 1. The van der Waals surface area contributed by atoms with E-state index in [-0.39, 0.29) is 5.37 Å². The first-order valence-corrected chi connectivity index (χ1v) is 8.14. The molecule has 2 aromatic carbocycles. The van der Waals surface area contributed by atoms with E-state index in [4.69, 9.17) is 9.84 Å². The van der Waals surface area contributed by atoms with E-state index in [9.17, 15) is 4.79 Å². The molecule has 114 valence electrons. The summed E-state index contributed by atoms with van der Waals surface area (Å²) in [6, 6.07) is 17.3. The lowest BCUT2D eigenvalue weighted by Crippen LogP contribution is -2.33. The first-order chi connectivity index (χ1) is 10.7. The molecule has 2 N–H and O–H groups in total. The molecule has 1 aliphatic rings. The van der Waals surface area contributed by atoms with Crippen LogP contribution in [0.1, 0.15) is 16.5 Å². The quantitative estimate of drug-likeness (QED) is 0.888. The number of hydrogen-bond donors (Lipinski definition) is 2. The summed E-state index contributed by atoms with van der Waals surface area (Å²) in [5.41, 5.74) is 2.16. The lowest BCUT2D eigenvalue weighted by molar-refractivity contribution is -0.138. The summed E-state index contributed by atoms with van der Waals surface area (Å²) >= 11 is 1.61. The van der Waals surface area contributed by atoms with Crippen LogP contribution in [-0.4, -0.2) is 22.9 Å². The van der Waals surface area contributed by atoms with E-state index >= 15 is 0 Å². The Hall–Kier alpha value is -1.98. The van der Waals surface area contributed by atoms with Crippen molar-refractivity contribution in [2.45, 2.75) is 18.0 Å². The highest BCUT2D eigenvalue weighted by molar-refractivity contribution is 7.99. The lowest BCUT2D eigenvalue weighted by atomic mass is 10.2. The number of carboxylic acid groups (broad SMARTS) is 1. The van der Waals surface area contributed by atoms with Crippen molar-refractivity contribution in [3.8, 4) is 5.75 Å². The van der Waals surface area contributed by atoms with Crippen LogP contribution in [0.5, 0.6) is 5.75 Å². The van der Waals surface area contributed by atoms with Gasteiger partial charge in [0.25, 0.3) is 0 Å². The Morgan fingerprint density at radius 2 is 2.05 bits per heavy atom. The summed E-state index contributed by atoms with van der Waals surface area (Å²) in [4.78, 5) is 11.0. The Morgan fingerprint density at radius 1 is 1.23 bits per heavy atom. The third-order valence-electron chi connectivity index (χ3n) is 3.49. The van der Waals surface area contributed by atoms with Crippen molar-refractivity contribution >= 4 is 17.7 Å². The molecule has 2 atom stereocenters. The minimum atomic E-state index is -0.800. The van der Waals surface area contributed by atoms with Gasteiger partial charge in [-0.25, -0.2) is 0 Å². The second-order valence-corrected chi connectivity index (χ2v) is 6.26. The molecule has 3 rings (SSSR count). The van der Waals surface area contributed by atoms with Crippen molar-refractivity contribution in [2.75, 3.05) is 5.75 Å². The first-order valence-electron chi connectivity index (χ1n) is 7.09. The van der Waals surface area contributed by atoms with Crippen LogP contribution in [0.2, 0.25) is 0 Å². The van der Waals surface area contributed by atoms with E-state index in [2.05, 4.69) is 5.32 Å². The monoisotopic (exact) mass is 315 g/mol. The predicted octanol–water partition coefficient (Wildman–Crippen LogP) is 3.05. The highest BCUT2D eigenvalue weighted by Gasteiger charge is 2.30. The molecule has 2 aromatic rings. The molecule has 1 saturated heterocycles. The number of carboxylic acids is 1. The molecule has 0 bridgehead atoms. The van der Waals surface area contributed by atoms with Crippen molar-refractivity contribution in [1.82, 2.24) is 5.32 Å². The number of hydrogen-bond acceptors (Lipinski definition) is 4. The highest BCUT2D eigenvalue weighted by Crippen LogP contribution is 2.34. The molecule has 0 aromatic heterocycles. The molecular weight excluding hydrogens is 298 g/mol. The van der Waals surface area contributed by atoms with Crippen molar-refractivity contribution in [2.24, 2.45) is 0 Å². The van der Waals surface area contributed by atoms with E-state index in [1.54, 1.807) is 11.8 Å². The summed E-state index contributed by atoms with van der Waals surface area (Å²) in [6.45, 7) is 0.521. The molecule has 22 heavy (non-hydrogen) atoms. The van der Waals surface area contributed by atoms with Gasteiger partial charge in [-0.2, -0.15) is 0 Å². The number of thioether (sulfide) groups is 1. The van der Waals surface area contributed by atoms with Gasteiger partial charge in [-0.15, -0.1) is 11.8 Å². The summed E-state index contributed by atoms with van der Waals surface area (Å²) in [7, 11) is 0. The molecule has 5 heteroatoms. The molecule has 0 saturated carbocycles. The third kappa shape index (κ3) is 3.61. The molecule has 0 amide bonds. The first kappa shape index (κ1) is 14.9. The van der Waals surface area contributed by atoms with Crippen LogP contribution in [0.3, 0.4) is 0 Å². The molecule has 1 aliphatic heterocycles. The fourth-order valence-electron chi connectivity index (χ4n) is 2.31. The number of rotatable bonds is 5. The van der Waals surface area contributed by atoms with Gasteiger partial charge in [0.15, 0.2) is 0 Å². The minimum Gasteiger partial charge on any atom is -0.489 e. The van der Waals surface area contributed by atoms with Gasteiger partial charge in [0.05, 0.1) is 5.37 Å². The Balaban J connectivity index is 1.64. The standard InChI is InChI=1S/C17H17NO3S/c19-17(20)15-11-22-16(18-15)13-7-4-8-14(9-13)21-10-12-5-2-1-3-6-12/h1-9,15-16,18H,10-11H2,(H,19,20). The van der Waals surface area contributed by atoms with Crippen LogP contribution >= 0.6 is 11.8 Å². The molecule has 0 aliphatic carbocycles. The van der Waals surface area contributed by atoms with Crippen LogP contribution in [0.4, 0.5) is 0 Å². The van der Waals surface area contributed by atoms with Crippen LogP contribution in [0.15, 0.2) is 54.6 Å². The Bertz CT molecular complexity index is 647. The third-order valence-corrected chi connectivity index (χ3v) is 4.76. The number of carbonyl (C=O) groups is 1. The van der Waals surface area contributed by atoms with Gasteiger partial charge in [-0.3, -0.25) is 10.1 Å². The van der Waals surface area contributed by atoms with Gasteiger partial charge in [-0.05, 0) is 23.3 Å². The van der Waals surface area contributed by atoms with E-state index in [0.717, 1.165) is 16.9 Å². The Kier molecular flexibility index (Phi) is 4.65. The van der Waals surface area contributed by atoms with Gasteiger partial charge in [0, 0.05) is 5.75 Å². The molecule has 0 spiro atoms. The average Bonchev–Trinajstić information content (AvgIpc) is 3.05. The topological polar surface area (TPSA) is 58.6 Å². The normalized spacial score (nSPS) is 20.7. The molecule has 1 heterocycles.